The van der Waals surface area contributed by atoms with Crippen LogP contribution in [0.15, 0.2) is 24.8 Å². The van der Waals surface area contributed by atoms with Gasteiger partial charge in [-0.25, -0.2) is 0 Å². The Kier molecular flexibility index (Phi) is 5.65. The van der Waals surface area contributed by atoms with Gasteiger partial charge in [0, 0.05) is 19.6 Å². The number of hydrogen-bond acceptors (Lipinski definition) is 4. The maximum Gasteiger partial charge on any atom is 0.161 e. The van der Waals surface area contributed by atoms with Gasteiger partial charge in [-0.2, -0.15) is 0 Å². The summed E-state index contributed by atoms with van der Waals surface area (Å²) in [5, 5.41) is 10.0. The molecule has 1 aromatic carbocycles. The zero-order valence-electron chi connectivity index (χ0n) is 13.0. The Morgan fingerprint density at radius 1 is 1.29 bits per heavy atom. The number of fused-ring (bicyclic) bond motifs is 1. The lowest BCUT2D eigenvalue weighted by Crippen LogP contribution is -2.36. The lowest BCUT2D eigenvalue weighted by atomic mass is 9.98. The van der Waals surface area contributed by atoms with E-state index in [1.165, 1.54) is 11.1 Å². The van der Waals surface area contributed by atoms with E-state index in [-0.39, 0.29) is 6.10 Å². The fourth-order valence-electron chi connectivity index (χ4n) is 2.80. The number of benzene rings is 1. The molecule has 0 fully saturated rings. The van der Waals surface area contributed by atoms with Crippen LogP contribution in [0.2, 0.25) is 0 Å². The van der Waals surface area contributed by atoms with Crippen molar-refractivity contribution in [3.63, 3.8) is 0 Å². The molecule has 4 nitrogen and oxygen atoms in total. The van der Waals surface area contributed by atoms with Crippen LogP contribution >= 0.6 is 0 Å². The lowest BCUT2D eigenvalue weighted by molar-refractivity contribution is 0.0993. The fourth-order valence-corrected chi connectivity index (χ4v) is 2.80. The fraction of sp³-hybridized carbons (Fsp3) is 0.529. The van der Waals surface area contributed by atoms with Crippen molar-refractivity contribution in [2.45, 2.75) is 31.9 Å². The third-order valence-electron chi connectivity index (χ3n) is 3.97. The van der Waals surface area contributed by atoms with E-state index in [2.05, 4.69) is 23.6 Å². The van der Waals surface area contributed by atoms with Gasteiger partial charge in [0.2, 0.25) is 0 Å². The number of hydrogen-bond donors (Lipinski definition) is 1. The Balaban J connectivity index is 2.04. The summed E-state index contributed by atoms with van der Waals surface area (Å²) < 4.78 is 10.7. The molecule has 1 aromatic rings. The lowest BCUT2D eigenvalue weighted by Gasteiger charge is -2.31. The number of aliphatic hydroxyl groups is 1. The highest BCUT2D eigenvalue weighted by molar-refractivity contribution is 5.48. The molecule has 1 heterocycles. The summed E-state index contributed by atoms with van der Waals surface area (Å²) in [4.78, 5) is 2.29. The number of methoxy groups -OCH3 is 2. The van der Waals surface area contributed by atoms with Crippen LogP contribution < -0.4 is 9.47 Å². The van der Waals surface area contributed by atoms with Crippen LogP contribution in [0, 0.1) is 0 Å². The van der Waals surface area contributed by atoms with Crippen molar-refractivity contribution in [2.75, 3.05) is 27.3 Å². The molecule has 2 rings (SSSR count). The van der Waals surface area contributed by atoms with Crippen molar-refractivity contribution < 1.29 is 14.6 Å². The minimum Gasteiger partial charge on any atom is -0.493 e. The molecule has 1 unspecified atom stereocenters. The van der Waals surface area contributed by atoms with E-state index >= 15 is 0 Å². The second-order valence-electron chi connectivity index (χ2n) is 5.48. The molecular weight excluding hydrogens is 266 g/mol. The van der Waals surface area contributed by atoms with Crippen LogP contribution in [-0.2, 0) is 13.0 Å². The molecule has 0 aliphatic carbocycles. The van der Waals surface area contributed by atoms with Crippen molar-refractivity contribution in [1.82, 2.24) is 4.90 Å². The third kappa shape index (κ3) is 3.99. The monoisotopic (exact) mass is 291 g/mol. The van der Waals surface area contributed by atoms with Crippen LogP contribution in [0.1, 0.15) is 24.0 Å². The summed E-state index contributed by atoms with van der Waals surface area (Å²) in [6, 6.07) is 4.12. The first-order valence-electron chi connectivity index (χ1n) is 7.43. The zero-order chi connectivity index (χ0) is 15.2. The molecule has 4 heteroatoms. The molecule has 116 valence electrons. The highest BCUT2D eigenvalue weighted by atomic mass is 16.5. The Morgan fingerprint density at radius 2 is 1.95 bits per heavy atom. The SMILES string of the molecule is C=CCCC(O)CN1CCc2cc(OC)c(OC)cc2C1. The van der Waals surface area contributed by atoms with Gasteiger partial charge in [-0.1, -0.05) is 6.08 Å². The number of allylic oxidation sites excluding steroid dienone is 1. The molecule has 0 spiro atoms. The molecule has 1 atom stereocenters. The van der Waals surface area contributed by atoms with Gasteiger partial charge in [-0.3, -0.25) is 4.90 Å². The van der Waals surface area contributed by atoms with Crippen molar-refractivity contribution in [3.05, 3.63) is 35.9 Å². The summed E-state index contributed by atoms with van der Waals surface area (Å²) in [5.74, 6) is 1.56. The van der Waals surface area contributed by atoms with Gasteiger partial charge in [0.15, 0.2) is 11.5 Å². The maximum atomic E-state index is 10.0. The molecule has 0 saturated carbocycles. The predicted octanol–water partition coefficient (Wildman–Crippen LogP) is 2.39. The summed E-state index contributed by atoms with van der Waals surface area (Å²) in [7, 11) is 3.32. The molecule has 0 aromatic heterocycles. The summed E-state index contributed by atoms with van der Waals surface area (Å²) in [6.07, 6.45) is 4.18. The van der Waals surface area contributed by atoms with Gasteiger partial charge in [-0.15, -0.1) is 6.58 Å². The molecule has 0 bridgehead atoms. The van der Waals surface area contributed by atoms with E-state index in [1.807, 2.05) is 6.08 Å². The van der Waals surface area contributed by atoms with E-state index in [1.54, 1.807) is 14.2 Å². The second-order valence-corrected chi connectivity index (χ2v) is 5.48. The van der Waals surface area contributed by atoms with Gasteiger partial charge in [0.25, 0.3) is 0 Å². The van der Waals surface area contributed by atoms with Crippen LogP contribution in [0.4, 0.5) is 0 Å². The highest BCUT2D eigenvalue weighted by Gasteiger charge is 2.20. The molecule has 1 aliphatic heterocycles. The second kappa shape index (κ2) is 7.48. The van der Waals surface area contributed by atoms with E-state index in [4.69, 9.17) is 9.47 Å². The van der Waals surface area contributed by atoms with Crippen molar-refractivity contribution in [3.8, 4) is 11.5 Å². The van der Waals surface area contributed by atoms with Crippen LogP contribution in [-0.4, -0.2) is 43.4 Å². The number of aliphatic hydroxyl groups excluding tert-OH is 1. The molecule has 21 heavy (non-hydrogen) atoms. The zero-order valence-corrected chi connectivity index (χ0v) is 13.0. The summed E-state index contributed by atoms with van der Waals surface area (Å²) in [5.41, 5.74) is 2.57. The average Bonchev–Trinajstić information content (AvgIpc) is 2.51. The molecule has 1 N–H and O–H groups in total. The first-order valence-corrected chi connectivity index (χ1v) is 7.43. The number of β-amino-alcohol motifs (C(OH)–C–C–N with tert-alkyl or cyclic N) is 1. The molecule has 0 saturated heterocycles. The van der Waals surface area contributed by atoms with Gasteiger partial charge in [-0.05, 0) is 42.5 Å². The molecule has 1 aliphatic rings. The maximum absolute atomic E-state index is 10.0. The Morgan fingerprint density at radius 3 is 2.57 bits per heavy atom. The van der Waals surface area contributed by atoms with Gasteiger partial charge in [0.05, 0.1) is 20.3 Å². The minimum absolute atomic E-state index is 0.287. The van der Waals surface area contributed by atoms with E-state index in [0.29, 0.717) is 6.54 Å². The van der Waals surface area contributed by atoms with Crippen molar-refractivity contribution in [2.24, 2.45) is 0 Å². The first-order chi connectivity index (χ1) is 10.2. The van der Waals surface area contributed by atoms with Crippen LogP contribution in [0.5, 0.6) is 11.5 Å². The van der Waals surface area contributed by atoms with Gasteiger partial charge >= 0.3 is 0 Å². The number of rotatable bonds is 7. The van der Waals surface area contributed by atoms with Crippen LogP contribution in [0.3, 0.4) is 0 Å². The minimum atomic E-state index is -0.287. The van der Waals surface area contributed by atoms with Crippen LogP contribution in [0.25, 0.3) is 0 Å². The standard InChI is InChI=1S/C17H25NO3/c1-4-5-6-15(19)12-18-8-7-13-9-16(20-2)17(21-3)10-14(13)11-18/h4,9-10,15,19H,1,5-8,11-12H2,2-3H3. The Labute approximate surface area is 127 Å². The van der Waals surface area contributed by atoms with E-state index in [0.717, 1.165) is 43.9 Å². The molecule has 0 amide bonds. The van der Waals surface area contributed by atoms with Gasteiger partial charge in [0.1, 0.15) is 0 Å². The van der Waals surface area contributed by atoms with Crippen molar-refractivity contribution >= 4 is 0 Å². The topological polar surface area (TPSA) is 41.9 Å². The molecular formula is C17H25NO3. The normalized spacial score (nSPS) is 16.1. The predicted molar refractivity (Wildman–Crippen MR) is 84.0 cm³/mol. The van der Waals surface area contributed by atoms with Gasteiger partial charge < -0.3 is 14.6 Å². The third-order valence-corrected chi connectivity index (χ3v) is 3.97. The first kappa shape index (κ1) is 15.9. The number of nitrogens with zero attached hydrogens (tertiary/aromatic N) is 1. The smallest absolute Gasteiger partial charge is 0.161 e. The summed E-state index contributed by atoms with van der Waals surface area (Å²) >= 11 is 0. The Hall–Kier alpha value is -1.52. The van der Waals surface area contributed by atoms with E-state index in [9.17, 15) is 5.11 Å². The quantitative estimate of drug-likeness (QED) is 0.783. The summed E-state index contributed by atoms with van der Waals surface area (Å²) in [6.45, 7) is 6.22. The Bertz CT molecular complexity index is 487. The van der Waals surface area contributed by atoms with E-state index < -0.39 is 0 Å². The number of ether oxygens (including phenoxy) is 2. The average molecular weight is 291 g/mol. The highest BCUT2D eigenvalue weighted by Crippen LogP contribution is 2.33. The van der Waals surface area contributed by atoms with Crippen molar-refractivity contribution in [1.29, 1.82) is 0 Å². The molecule has 0 radical (unpaired) electrons. The largest absolute Gasteiger partial charge is 0.493 e.